The maximum atomic E-state index is 12.7. The lowest BCUT2D eigenvalue weighted by molar-refractivity contribution is -0.138. The van der Waals surface area contributed by atoms with Gasteiger partial charge in [-0.3, -0.25) is 13.8 Å². The minimum atomic E-state index is -0.954. The summed E-state index contributed by atoms with van der Waals surface area (Å²) in [5.74, 6) is -0.0174. The topological polar surface area (TPSA) is 66.5 Å². The van der Waals surface area contributed by atoms with Crippen LogP contribution in [0.4, 0.5) is 0 Å². The van der Waals surface area contributed by atoms with Crippen LogP contribution in [0.1, 0.15) is 39.0 Å². The maximum absolute atomic E-state index is 12.7. The molecule has 0 aromatic rings. The van der Waals surface area contributed by atoms with Gasteiger partial charge in [-0.2, -0.15) is 0 Å². The van der Waals surface area contributed by atoms with Gasteiger partial charge in [0.25, 0.3) is 0 Å². The molecule has 1 aliphatic carbocycles. The number of carbonyl (C=O) groups excluding carboxylic acids is 2. The van der Waals surface area contributed by atoms with Gasteiger partial charge in [0.15, 0.2) is 0 Å². The van der Waals surface area contributed by atoms with Gasteiger partial charge in [0.05, 0.1) is 0 Å². The van der Waals surface area contributed by atoms with E-state index in [2.05, 4.69) is 5.32 Å². The fraction of sp³-hybridized carbons (Fsp3) is 0.846. The van der Waals surface area contributed by atoms with E-state index in [1.807, 2.05) is 6.92 Å². The van der Waals surface area contributed by atoms with Crippen molar-refractivity contribution in [1.82, 2.24) is 10.2 Å². The predicted octanol–water partition coefficient (Wildman–Crippen LogP) is 0.415. The summed E-state index contributed by atoms with van der Waals surface area (Å²) in [5, 5.41) is 2.87. The summed E-state index contributed by atoms with van der Waals surface area (Å²) in [7, 11) is -0.954. The second-order valence-corrected chi connectivity index (χ2v) is 7.45. The molecule has 1 heterocycles. The van der Waals surface area contributed by atoms with E-state index in [0.29, 0.717) is 19.5 Å². The van der Waals surface area contributed by atoms with Crippen LogP contribution < -0.4 is 5.32 Å². The average molecular weight is 286 g/mol. The van der Waals surface area contributed by atoms with Crippen molar-refractivity contribution in [3.05, 3.63) is 0 Å². The molecule has 2 atom stereocenters. The molecule has 2 amide bonds. The van der Waals surface area contributed by atoms with Crippen molar-refractivity contribution in [3.8, 4) is 0 Å². The van der Waals surface area contributed by atoms with Crippen molar-refractivity contribution in [1.29, 1.82) is 0 Å². The van der Waals surface area contributed by atoms with Crippen LogP contribution >= 0.6 is 0 Å². The molecular weight excluding hydrogens is 264 g/mol. The van der Waals surface area contributed by atoms with Gasteiger partial charge in [-0.05, 0) is 19.8 Å². The van der Waals surface area contributed by atoms with E-state index in [0.717, 1.165) is 25.7 Å². The van der Waals surface area contributed by atoms with E-state index in [1.54, 1.807) is 11.2 Å². The maximum Gasteiger partial charge on any atom is 0.248 e. The van der Waals surface area contributed by atoms with Crippen LogP contribution in [0.5, 0.6) is 0 Å². The van der Waals surface area contributed by atoms with Gasteiger partial charge in [0.1, 0.15) is 5.54 Å². The van der Waals surface area contributed by atoms with Crippen LogP contribution in [0.2, 0.25) is 0 Å². The molecule has 1 saturated carbocycles. The van der Waals surface area contributed by atoms with Crippen molar-refractivity contribution in [2.45, 2.75) is 49.8 Å². The van der Waals surface area contributed by atoms with E-state index >= 15 is 0 Å². The van der Waals surface area contributed by atoms with Gasteiger partial charge in [0, 0.05) is 41.8 Å². The molecule has 1 spiro atoms. The lowest BCUT2D eigenvalue weighted by atomic mass is 9.96. The van der Waals surface area contributed by atoms with Crippen molar-refractivity contribution < 1.29 is 13.8 Å². The van der Waals surface area contributed by atoms with Crippen LogP contribution in [-0.2, 0) is 20.4 Å². The van der Waals surface area contributed by atoms with E-state index < -0.39 is 16.3 Å². The zero-order valence-corrected chi connectivity index (χ0v) is 12.4. The molecule has 1 N–H and O–H groups in total. The Morgan fingerprint density at radius 3 is 2.58 bits per heavy atom. The zero-order valence-electron chi connectivity index (χ0n) is 11.6. The van der Waals surface area contributed by atoms with Gasteiger partial charge in [-0.1, -0.05) is 12.8 Å². The van der Waals surface area contributed by atoms with Crippen LogP contribution in [-0.4, -0.2) is 51.1 Å². The molecule has 2 fully saturated rings. The Balaban J connectivity index is 2.17. The highest BCUT2D eigenvalue weighted by atomic mass is 32.2. The summed E-state index contributed by atoms with van der Waals surface area (Å²) in [6.45, 7) is 2.79. The predicted molar refractivity (Wildman–Crippen MR) is 74.1 cm³/mol. The molecule has 2 rings (SSSR count). The van der Waals surface area contributed by atoms with Gasteiger partial charge < -0.3 is 10.2 Å². The van der Waals surface area contributed by atoms with Crippen LogP contribution in [0.3, 0.4) is 0 Å². The number of nitrogens with one attached hydrogen (secondary N) is 1. The molecule has 5 nitrogen and oxygen atoms in total. The van der Waals surface area contributed by atoms with Crippen molar-refractivity contribution >= 4 is 22.6 Å². The summed E-state index contributed by atoms with van der Waals surface area (Å²) in [5.41, 5.74) is -0.678. The lowest BCUT2D eigenvalue weighted by Crippen LogP contribution is -2.56. The van der Waals surface area contributed by atoms with E-state index in [9.17, 15) is 13.8 Å². The van der Waals surface area contributed by atoms with Gasteiger partial charge >= 0.3 is 0 Å². The highest BCUT2D eigenvalue weighted by Crippen LogP contribution is 2.33. The van der Waals surface area contributed by atoms with Crippen LogP contribution in [0.25, 0.3) is 0 Å². The SMILES string of the molecule is CC(CN1CCC(=O)NC2(CCCC2)C1=O)S(C)=O. The molecule has 0 aromatic carbocycles. The summed E-state index contributed by atoms with van der Waals surface area (Å²) in [6, 6.07) is 0. The number of hydrogen-bond donors (Lipinski definition) is 1. The molecule has 2 aliphatic rings. The smallest absolute Gasteiger partial charge is 0.248 e. The largest absolute Gasteiger partial charge is 0.342 e. The number of hydrogen-bond acceptors (Lipinski definition) is 3. The summed E-state index contributed by atoms with van der Waals surface area (Å²) >= 11 is 0. The fourth-order valence-electron chi connectivity index (χ4n) is 2.93. The number of amides is 2. The van der Waals surface area contributed by atoms with Gasteiger partial charge in [0.2, 0.25) is 11.8 Å². The molecule has 19 heavy (non-hydrogen) atoms. The average Bonchev–Trinajstić information content (AvgIpc) is 2.78. The quantitative estimate of drug-likeness (QED) is 0.817. The molecule has 2 unspecified atom stereocenters. The molecule has 1 saturated heterocycles. The van der Waals surface area contributed by atoms with E-state index in [1.165, 1.54) is 0 Å². The number of nitrogens with zero attached hydrogens (tertiary/aromatic N) is 1. The second-order valence-electron chi connectivity index (χ2n) is 5.65. The highest BCUT2D eigenvalue weighted by Gasteiger charge is 2.46. The van der Waals surface area contributed by atoms with Crippen LogP contribution in [0, 0.1) is 0 Å². The number of rotatable bonds is 3. The van der Waals surface area contributed by atoms with Crippen molar-refractivity contribution in [2.75, 3.05) is 19.3 Å². The number of carbonyl (C=O) groups is 2. The molecule has 108 valence electrons. The van der Waals surface area contributed by atoms with E-state index in [-0.39, 0.29) is 17.1 Å². The minimum Gasteiger partial charge on any atom is -0.342 e. The fourth-order valence-corrected chi connectivity index (χ4v) is 3.32. The molecule has 6 heteroatoms. The Morgan fingerprint density at radius 2 is 2.00 bits per heavy atom. The molecule has 1 aliphatic heterocycles. The van der Waals surface area contributed by atoms with E-state index in [4.69, 9.17) is 0 Å². The summed E-state index contributed by atoms with van der Waals surface area (Å²) in [6.07, 6.45) is 5.43. The second kappa shape index (κ2) is 5.61. The third-order valence-electron chi connectivity index (χ3n) is 4.19. The van der Waals surface area contributed by atoms with Crippen LogP contribution in [0.15, 0.2) is 0 Å². The van der Waals surface area contributed by atoms with Crippen molar-refractivity contribution in [2.24, 2.45) is 0 Å². The first kappa shape index (κ1) is 14.5. The molecular formula is C13H22N2O3S. The zero-order chi connectivity index (χ0) is 14.0. The molecule has 0 radical (unpaired) electrons. The standard InChI is InChI=1S/C13H22N2O3S/c1-10(19(2)18)9-15-8-5-11(16)14-13(12(15)17)6-3-4-7-13/h10H,3-9H2,1-2H3,(H,14,16). The molecule has 0 aromatic heterocycles. The third kappa shape index (κ3) is 2.99. The van der Waals surface area contributed by atoms with Gasteiger partial charge in [-0.25, -0.2) is 0 Å². The lowest BCUT2D eigenvalue weighted by Gasteiger charge is -2.32. The first-order chi connectivity index (χ1) is 8.94. The Kier molecular flexibility index (Phi) is 4.28. The third-order valence-corrected chi connectivity index (χ3v) is 5.47. The Morgan fingerprint density at radius 1 is 1.37 bits per heavy atom. The molecule has 0 bridgehead atoms. The highest BCUT2D eigenvalue weighted by molar-refractivity contribution is 7.84. The summed E-state index contributed by atoms with van der Waals surface area (Å²) in [4.78, 5) is 26.2. The van der Waals surface area contributed by atoms with Gasteiger partial charge in [-0.15, -0.1) is 0 Å². The monoisotopic (exact) mass is 286 g/mol. The Bertz CT molecular complexity index is 405. The Labute approximate surface area is 116 Å². The first-order valence-corrected chi connectivity index (χ1v) is 8.49. The first-order valence-electron chi connectivity index (χ1n) is 6.87. The van der Waals surface area contributed by atoms with Crippen molar-refractivity contribution in [3.63, 3.8) is 0 Å². The normalized spacial score (nSPS) is 26.1. The Hall–Kier alpha value is -0.910. The summed E-state index contributed by atoms with van der Waals surface area (Å²) < 4.78 is 11.5. The minimum absolute atomic E-state index is 0.0214.